The summed E-state index contributed by atoms with van der Waals surface area (Å²) in [6.45, 7) is 3.04. The van der Waals surface area contributed by atoms with E-state index in [-0.39, 0.29) is 0 Å². The van der Waals surface area contributed by atoms with E-state index in [1.54, 1.807) is 0 Å². The molecule has 1 aromatic heterocycles. The van der Waals surface area contributed by atoms with Crippen LogP contribution in [0.5, 0.6) is 0 Å². The summed E-state index contributed by atoms with van der Waals surface area (Å²) in [5.41, 5.74) is 4.86. The zero-order valence-corrected chi connectivity index (χ0v) is 11.6. The van der Waals surface area contributed by atoms with Gasteiger partial charge in [-0.05, 0) is 31.0 Å². The number of hydrogen-bond donors (Lipinski definition) is 1. The topological polar surface area (TPSA) is 24.9 Å². The van der Waals surface area contributed by atoms with E-state index < -0.39 is 0 Å². The first kappa shape index (κ1) is 12.7. The highest BCUT2D eigenvalue weighted by Gasteiger charge is 2.00. The van der Waals surface area contributed by atoms with Gasteiger partial charge in [-0.3, -0.25) is 4.98 Å². The van der Waals surface area contributed by atoms with Crippen molar-refractivity contribution in [3.05, 3.63) is 71.9 Å². The van der Waals surface area contributed by atoms with Gasteiger partial charge in [0.15, 0.2) is 0 Å². The van der Waals surface area contributed by atoms with Gasteiger partial charge in [0.2, 0.25) is 0 Å². The second-order valence-corrected chi connectivity index (χ2v) is 5.04. The number of aryl methyl sites for hydroxylation is 1. The maximum atomic E-state index is 4.38. The normalized spacial score (nSPS) is 10.7. The summed E-state index contributed by atoms with van der Waals surface area (Å²) in [4.78, 5) is 4.38. The Bertz CT molecular complexity index is 697. The molecule has 0 unspecified atom stereocenters. The molecule has 0 atom stereocenters. The van der Waals surface area contributed by atoms with Crippen molar-refractivity contribution in [1.82, 2.24) is 4.98 Å². The summed E-state index contributed by atoms with van der Waals surface area (Å²) in [5, 5.41) is 4.69. The number of hydrogen-bond acceptors (Lipinski definition) is 2. The summed E-state index contributed by atoms with van der Waals surface area (Å²) < 4.78 is 0. The zero-order valence-electron chi connectivity index (χ0n) is 11.6. The minimum Gasteiger partial charge on any atom is -0.384 e. The molecule has 2 nitrogen and oxygen atoms in total. The average molecular weight is 262 g/mol. The van der Waals surface area contributed by atoms with E-state index in [4.69, 9.17) is 0 Å². The minimum atomic E-state index is 0.928. The van der Waals surface area contributed by atoms with Gasteiger partial charge in [-0.15, -0.1) is 0 Å². The number of aromatic nitrogens is 1. The van der Waals surface area contributed by atoms with Crippen molar-refractivity contribution in [2.24, 2.45) is 0 Å². The van der Waals surface area contributed by atoms with Crippen LogP contribution in [0.4, 0.5) is 5.69 Å². The number of anilines is 1. The SMILES string of the molecule is Cc1ccc(CCNc2ccnc3ccccc23)cc1. The summed E-state index contributed by atoms with van der Waals surface area (Å²) in [7, 11) is 0. The lowest BCUT2D eigenvalue weighted by atomic mass is 10.1. The number of nitrogens with one attached hydrogen (secondary N) is 1. The molecule has 0 bridgehead atoms. The van der Waals surface area contributed by atoms with Gasteiger partial charge in [-0.25, -0.2) is 0 Å². The molecule has 3 aromatic rings. The van der Waals surface area contributed by atoms with E-state index >= 15 is 0 Å². The number of fused-ring (bicyclic) bond motifs is 1. The van der Waals surface area contributed by atoms with Crippen LogP contribution in [0.2, 0.25) is 0 Å². The standard InChI is InChI=1S/C18H18N2/c1-14-6-8-15(9-7-14)10-12-19-18-11-13-20-17-5-3-2-4-16(17)18/h2-9,11,13H,10,12H2,1H3,(H,19,20). The van der Waals surface area contributed by atoms with Gasteiger partial charge in [0, 0.05) is 23.8 Å². The highest BCUT2D eigenvalue weighted by atomic mass is 14.9. The molecule has 0 radical (unpaired) electrons. The van der Waals surface area contributed by atoms with Crippen molar-refractivity contribution in [3.63, 3.8) is 0 Å². The second kappa shape index (κ2) is 5.74. The van der Waals surface area contributed by atoms with E-state index in [9.17, 15) is 0 Å². The Balaban J connectivity index is 1.69. The van der Waals surface area contributed by atoms with E-state index in [1.165, 1.54) is 16.5 Å². The van der Waals surface area contributed by atoms with Crippen molar-refractivity contribution >= 4 is 16.6 Å². The number of nitrogens with zero attached hydrogens (tertiary/aromatic N) is 1. The Morgan fingerprint density at radius 3 is 2.60 bits per heavy atom. The highest BCUT2D eigenvalue weighted by molar-refractivity contribution is 5.90. The van der Waals surface area contributed by atoms with Crippen LogP contribution < -0.4 is 5.32 Å². The molecule has 0 fully saturated rings. The first-order chi connectivity index (χ1) is 9.83. The quantitative estimate of drug-likeness (QED) is 0.762. The zero-order chi connectivity index (χ0) is 13.8. The van der Waals surface area contributed by atoms with Crippen LogP contribution in [0.25, 0.3) is 10.9 Å². The molecule has 0 saturated carbocycles. The molecule has 1 N–H and O–H groups in total. The van der Waals surface area contributed by atoms with E-state index in [0.29, 0.717) is 0 Å². The van der Waals surface area contributed by atoms with Crippen LogP contribution in [0.1, 0.15) is 11.1 Å². The lowest BCUT2D eigenvalue weighted by Gasteiger charge is -2.09. The van der Waals surface area contributed by atoms with Gasteiger partial charge in [0.25, 0.3) is 0 Å². The van der Waals surface area contributed by atoms with Crippen molar-refractivity contribution in [2.75, 3.05) is 11.9 Å². The second-order valence-electron chi connectivity index (χ2n) is 5.04. The summed E-state index contributed by atoms with van der Waals surface area (Å²) in [6.07, 6.45) is 2.88. The highest BCUT2D eigenvalue weighted by Crippen LogP contribution is 2.20. The molecule has 0 amide bonds. The van der Waals surface area contributed by atoms with Gasteiger partial charge in [-0.2, -0.15) is 0 Å². The maximum Gasteiger partial charge on any atom is 0.0722 e. The minimum absolute atomic E-state index is 0.928. The van der Waals surface area contributed by atoms with Crippen LogP contribution in [0, 0.1) is 6.92 Å². The van der Waals surface area contributed by atoms with Crippen molar-refractivity contribution < 1.29 is 0 Å². The third kappa shape index (κ3) is 2.80. The lowest BCUT2D eigenvalue weighted by molar-refractivity contribution is 1.02. The number of benzene rings is 2. The largest absolute Gasteiger partial charge is 0.384 e. The fourth-order valence-electron chi connectivity index (χ4n) is 2.35. The number of pyridine rings is 1. The van der Waals surface area contributed by atoms with Crippen molar-refractivity contribution in [3.8, 4) is 0 Å². The Morgan fingerprint density at radius 1 is 0.950 bits per heavy atom. The summed E-state index contributed by atoms with van der Waals surface area (Å²) in [6, 6.07) is 19.0. The smallest absolute Gasteiger partial charge is 0.0722 e. The molecule has 0 aliphatic rings. The molecule has 2 heteroatoms. The van der Waals surface area contributed by atoms with Gasteiger partial charge in [0.1, 0.15) is 0 Å². The van der Waals surface area contributed by atoms with Crippen LogP contribution in [0.15, 0.2) is 60.8 Å². The first-order valence-electron chi connectivity index (χ1n) is 6.96. The van der Waals surface area contributed by atoms with E-state index in [0.717, 1.165) is 24.2 Å². The molecule has 0 aliphatic heterocycles. The average Bonchev–Trinajstić information content (AvgIpc) is 2.49. The fraction of sp³-hybridized carbons (Fsp3) is 0.167. The Morgan fingerprint density at radius 2 is 1.75 bits per heavy atom. The first-order valence-corrected chi connectivity index (χ1v) is 6.96. The van der Waals surface area contributed by atoms with Gasteiger partial charge in [-0.1, -0.05) is 48.0 Å². The van der Waals surface area contributed by atoms with Crippen molar-refractivity contribution in [1.29, 1.82) is 0 Å². The van der Waals surface area contributed by atoms with Gasteiger partial charge in [0.05, 0.1) is 5.52 Å². The van der Waals surface area contributed by atoms with E-state index in [1.807, 2.05) is 24.4 Å². The van der Waals surface area contributed by atoms with Crippen LogP contribution >= 0.6 is 0 Å². The summed E-state index contributed by atoms with van der Waals surface area (Å²) in [5.74, 6) is 0. The molecular formula is C18H18N2. The monoisotopic (exact) mass is 262 g/mol. The third-order valence-corrected chi connectivity index (χ3v) is 3.50. The molecular weight excluding hydrogens is 244 g/mol. The Labute approximate surface area is 119 Å². The maximum absolute atomic E-state index is 4.38. The van der Waals surface area contributed by atoms with Gasteiger partial charge >= 0.3 is 0 Å². The predicted octanol–water partition coefficient (Wildman–Crippen LogP) is 4.20. The molecule has 0 aliphatic carbocycles. The summed E-state index contributed by atoms with van der Waals surface area (Å²) >= 11 is 0. The Hall–Kier alpha value is -2.35. The lowest BCUT2D eigenvalue weighted by Crippen LogP contribution is -2.05. The fourth-order valence-corrected chi connectivity index (χ4v) is 2.35. The molecule has 100 valence electrons. The van der Waals surface area contributed by atoms with Crippen LogP contribution in [-0.4, -0.2) is 11.5 Å². The van der Waals surface area contributed by atoms with Crippen molar-refractivity contribution in [2.45, 2.75) is 13.3 Å². The van der Waals surface area contributed by atoms with Gasteiger partial charge < -0.3 is 5.32 Å². The molecule has 3 rings (SSSR count). The molecule has 20 heavy (non-hydrogen) atoms. The number of para-hydroxylation sites is 1. The Kier molecular flexibility index (Phi) is 3.64. The molecule has 0 saturated heterocycles. The van der Waals surface area contributed by atoms with Crippen LogP contribution in [-0.2, 0) is 6.42 Å². The van der Waals surface area contributed by atoms with E-state index in [2.05, 4.69) is 53.6 Å². The third-order valence-electron chi connectivity index (χ3n) is 3.50. The van der Waals surface area contributed by atoms with Crippen LogP contribution in [0.3, 0.4) is 0 Å². The molecule has 1 heterocycles. The molecule has 2 aromatic carbocycles. The number of rotatable bonds is 4. The molecule has 0 spiro atoms. The predicted molar refractivity (Wildman–Crippen MR) is 85.1 cm³/mol.